The average molecular weight is 472 g/mol. The zero-order valence-electron chi connectivity index (χ0n) is 17.9. The molecule has 6 heteroatoms. The Bertz CT molecular complexity index is 905. The minimum Gasteiger partial charge on any atom is -0.371 e. The van der Waals surface area contributed by atoms with Crippen molar-refractivity contribution in [2.24, 2.45) is 11.8 Å². The molecule has 2 aromatic carbocycles. The standard InChI is InChI=1S/C24H30BrN3O2/c1-16(2)15-26-24(30)21-14-20(27-23(29)18-5-4-6-19(25)13-18)7-8-22(21)28-11-9-17(3)10-12-28/h4-8,13-14,16-17H,9-12,15H2,1-3H3,(H,26,30)(H,27,29). The van der Waals surface area contributed by atoms with Crippen LogP contribution in [0.15, 0.2) is 46.9 Å². The van der Waals surface area contributed by atoms with Crippen LogP contribution in [-0.4, -0.2) is 31.4 Å². The predicted octanol–water partition coefficient (Wildman–Crippen LogP) is 5.32. The van der Waals surface area contributed by atoms with Crippen molar-refractivity contribution in [2.75, 3.05) is 29.9 Å². The van der Waals surface area contributed by atoms with Crippen molar-refractivity contribution >= 4 is 39.1 Å². The van der Waals surface area contributed by atoms with Gasteiger partial charge in [-0.25, -0.2) is 0 Å². The molecule has 0 spiro atoms. The minimum atomic E-state index is -0.204. The Labute approximate surface area is 187 Å². The molecule has 1 aliphatic heterocycles. The van der Waals surface area contributed by atoms with E-state index in [0.29, 0.717) is 35.2 Å². The van der Waals surface area contributed by atoms with Gasteiger partial charge in [-0.2, -0.15) is 0 Å². The summed E-state index contributed by atoms with van der Waals surface area (Å²) < 4.78 is 0.846. The molecule has 0 atom stereocenters. The number of hydrogen-bond acceptors (Lipinski definition) is 3. The summed E-state index contributed by atoms with van der Waals surface area (Å²) in [4.78, 5) is 27.9. The van der Waals surface area contributed by atoms with Gasteiger partial charge in [0.15, 0.2) is 0 Å². The molecule has 0 unspecified atom stereocenters. The van der Waals surface area contributed by atoms with Crippen LogP contribution in [0.2, 0.25) is 0 Å². The van der Waals surface area contributed by atoms with Crippen LogP contribution in [0.4, 0.5) is 11.4 Å². The van der Waals surface area contributed by atoms with Crippen LogP contribution in [0, 0.1) is 11.8 Å². The van der Waals surface area contributed by atoms with Crippen LogP contribution < -0.4 is 15.5 Å². The first-order valence-electron chi connectivity index (χ1n) is 10.6. The van der Waals surface area contributed by atoms with E-state index in [-0.39, 0.29) is 11.8 Å². The van der Waals surface area contributed by atoms with Crippen LogP contribution in [0.25, 0.3) is 0 Å². The molecule has 0 radical (unpaired) electrons. The Morgan fingerprint density at radius 3 is 2.50 bits per heavy atom. The highest BCUT2D eigenvalue weighted by Gasteiger charge is 2.22. The number of nitrogens with zero attached hydrogens (tertiary/aromatic N) is 1. The lowest BCUT2D eigenvalue weighted by Gasteiger charge is -2.33. The van der Waals surface area contributed by atoms with E-state index in [0.717, 1.165) is 36.1 Å². The molecule has 1 fully saturated rings. The van der Waals surface area contributed by atoms with Crippen molar-refractivity contribution in [1.29, 1.82) is 0 Å². The second-order valence-corrected chi connectivity index (χ2v) is 9.39. The number of piperidine rings is 1. The zero-order chi connectivity index (χ0) is 21.7. The Morgan fingerprint density at radius 2 is 1.83 bits per heavy atom. The summed E-state index contributed by atoms with van der Waals surface area (Å²) in [6.45, 7) is 8.91. The largest absolute Gasteiger partial charge is 0.371 e. The van der Waals surface area contributed by atoms with E-state index >= 15 is 0 Å². The van der Waals surface area contributed by atoms with Gasteiger partial charge in [0.1, 0.15) is 0 Å². The van der Waals surface area contributed by atoms with Crippen molar-refractivity contribution in [3.8, 4) is 0 Å². The lowest BCUT2D eigenvalue weighted by Crippen LogP contribution is -2.35. The highest BCUT2D eigenvalue weighted by Crippen LogP contribution is 2.29. The van der Waals surface area contributed by atoms with Crippen molar-refractivity contribution in [2.45, 2.75) is 33.6 Å². The van der Waals surface area contributed by atoms with Gasteiger partial charge in [-0.3, -0.25) is 9.59 Å². The first-order chi connectivity index (χ1) is 14.3. The fraction of sp³-hybridized carbons (Fsp3) is 0.417. The van der Waals surface area contributed by atoms with E-state index in [1.54, 1.807) is 18.2 Å². The third kappa shape index (κ3) is 5.85. The van der Waals surface area contributed by atoms with Crippen LogP contribution in [0.3, 0.4) is 0 Å². The quantitative estimate of drug-likeness (QED) is 0.598. The number of rotatable bonds is 6. The molecule has 1 heterocycles. The lowest BCUT2D eigenvalue weighted by atomic mass is 9.97. The molecule has 0 saturated carbocycles. The number of carbonyl (C=O) groups is 2. The first kappa shape index (κ1) is 22.3. The van der Waals surface area contributed by atoms with E-state index < -0.39 is 0 Å². The maximum Gasteiger partial charge on any atom is 0.255 e. The number of carbonyl (C=O) groups excluding carboxylic acids is 2. The number of benzene rings is 2. The number of halogens is 1. The summed E-state index contributed by atoms with van der Waals surface area (Å²) >= 11 is 3.39. The minimum absolute atomic E-state index is 0.101. The fourth-order valence-electron chi connectivity index (χ4n) is 3.55. The topological polar surface area (TPSA) is 61.4 Å². The molecule has 3 rings (SSSR count). The van der Waals surface area contributed by atoms with Gasteiger partial charge in [0, 0.05) is 41.0 Å². The van der Waals surface area contributed by atoms with E-state index in [1.807, 2.05) is 24.3 Å². The number of hydrogen-bond donors (Lipinski definition) is 2. The molecule has 1 saturated heterocycles. The van der Waals surface area contributed by atoms with Crippen molar-refractivity contribution in [3.05, 3.63) is 58.1 Å². The number of nitrogens with one attached hydrogen (secondary N) is 2. The van der Waals surface area contributed by atoms with Crippen molar-refractivity contribution < 1.29 is 9.59 Å². The monoisotopic (exact) mass is 471 g/mol. The smallest absolute Gasteiger partial charge is 0.255 e. The summed E-state index contributed by atoms with van der Waals surface area (Å²) in [5.41, 5.74) is 2.72. The SMILES string of the molecule is CC(C)CNC(=O)c1cc(NC(=O)c2cccc(Br)c2)ccc1N1CCC(C)CC1. The van der Waals surface area contributed by atoms with Gasteiger partial charge in [0.25, 0.3) is 11.8 Å². The molecule has 5 nitrogen and oxygen atoms in total. The molecular weight excluding hydrogens is 442 g/mol. The van der Waals surface area contributed by atoms with Gasteiger partial charge in [-0.15, -0.1) is 0 Å². The van der Waals surface area contributed by atoms with Gasteiger partial charge in [-0.1, -0.05) is 42.8 Å². The molecular formula is C24H30BrN3O2. The van der Waals surface area contributed by atoms with Gasteiger partial charge in [-0.05, 0) is 61.1 Å². The van der Waals surface area contributed by atoms with Crippen molar-refractivity contribution in [1.82, 2.24) is 5.32 Å². The van der Waals surface area contributed by atoms with E-state index in [2.05, 4.69) is 52.2 Å². The molecule has 0 aromatic heterocycles. The first-order valence-corrected chi connectivity index (χ1v) is 11.4. The Hall–Kier alpha value is -2.34. The van der Waals surface area contributed by atoms with Crippen molar-refractivity contribution in [3.63, 3.8) is 0 Å². The summed E-state index contributed by atoms with van der Waals surface area (Å²) in [7, 11) is 0. The summed E-state index contributed by atoms with van der Waals surface area (Å²) in [6.07, 6.45) is 2.24. The predicted molar refractivity (Wildman–Crippen MR) is 126 cm³/mol. The normalized spacial score (nSPS) is 14.6. The highest BCUT2D eigenvalue weighted by atomic mass is 79.9. The number of anilines is 2. The molecule has 1 aliphatic rings. The van der Waals surface area contributed by atoms with Gasteiger partial charge < -0.3 is 15.5 Å². The van der Waals surface area contributed by atoms with Gasteiger partial charge >= 0.3 is 0 Å². The third-order valence-corrected chi connectivity index (χ3v) is 5.87. The Balaban J connectivity index is 1.85. The maximum atomic E-state index is 13.0. The van der Waals surface area contributed by atoms with E-state index in [4.69, 9.17) is 0 Å². The second-order valence-electron chi connectivity index (χ2n) is 8.47. The Morgan fingerprint density at radius 1 is 1.10 bits per heavy atom. The van der Waals surface area contributed by atoms with E-state index in [9.17, 15) is 9.59 Å². The number of amides is 2. The highest BCUT2D eigenvalue weighted by molar-refractivity contribution is 9.10. The molecule has 30 heavy (non-hydrogen) atoms. The summed E-state index contributed by atoms with van der Waals surface area (Å²) in [5.74, 6) is 0.774. The molecule has 2 amide bonds. The second kappa shape index (κ2) is 10.1. The fourth-order valence-corrected chi connectivity index (χ4v) is 3.95. The average Bonchev–Trinajstić information content (AvgIpc) is 2.72. The molecule has 2 N–H and O–H groups in total. The lowest BCUT2D eigenvalue weighted by molar-refractivity contribution is 0.0948. The van der Waals surface area contributed by atoms with Gasteiger partial charge in [0.05, 0.1) is 5.56 Å². The molecule has 0 bridgehead atoms. The Kier molecular flexibility index (Phi) is 7.53. The summed E-state index contributed by atoms with van der Waals surface area (Å²) in [6, 6.07) is 12.9. The molecule has 0 aliphatic carbocycles. The van der Waals surface area contributed by atoms with Crippen LogP contribution >= 0.6 is 15.9 Å². The third-order valence-electron chi connectivity index (χ3n) is 5.38. The molecule has 2 aromatic rings. The molecule has 160 valence electrons. The zero-order valence-corrected chi connectivity index (χ0v) is 19.5. The van der Waals surface area contributed by atoms with Gasteiger partial charge in [0.2, 0.25) is 0 Å². The van der Waals surface area contributed by atoms with E-state index in [1.165, 1.54) is 0 Å². The summed E-state index contributed by atoms with van der Waals surface area (Å²) in [5, 5.41) is 5.95. The van der Waals surface area contributed by atoms with Crippen LogP contribution in [0.5, 0.6) is 0 Å². The van der Waals surface area contributed by atoms with Crippen LogP contribution in [-0.2, 0) is 0 Å². The van der Waals surface area contributed by atoms with Crippen LogP contribution in [0.1, 0.15) is 54.3 Å². The maximum absolute atomic E-state index is 13.0.